The van der Waals surface area contributed by atoms with Gasteiger partial charge in [0, 0.05) is 7.11 Å². The summed E-state index contributed by atoms with van der Waals surface area (Å²) in [5.74, 6) is 0.727. The number of aliphatic hydroxyl groups is 11. The molecule has 6 fully saturated rings. The molecule has 66 heavy (non-hydrogen) atoms. The second-order valence-electron chi connectivity index (χ2n) is 20.6. The van der Waals surface area contributed by atoms with Crippen LogP contribution in [0.3, 0.4) is 0 Å². The average molecular weight is 947 g/mol. The van der Waals surface area contributed by atoms with Crippen molar-refractivity contribution in [2.75, 3.05) is 20.3 Å². The van der Waals surface area contributed by atoms with Crippen molar-refractivity contribution >= 4 is 0 Å². The number of methoxy groups -OCH3 is 1. The van der Waals surface area contributed by atoms with E-state index in [-0.39, 0.29) is 29.5 Å². The largest absolute Gasteiger partial charge is 0.394 e. The maximum Gasteiger partial charge on any atom is 0.187 e. The Morgan fingerprint density at radius 2 is 1.24 bits per heavy atom. The number of rotatable bonds is 12. The maximum atomic E-state index is 11.2. The molecule has 0 amide bonds. The van der Waals surface area contributed by atoms with E-state index in [1.807, 2.05) is 6.92 Å². The first-order chi connectivity index (χ1) is 31.2. The minimum Gasteiger partial charge on any atom is -0.394 e. The minimum absolute atomic E-state index is 0.0316. The Bertz CT molecular complexity index is 1720. The highest BCUT2D eigenvalue weighted by Crippen LogP contribution is 2.65. The minimum atomic E-state index is -1.67. The Hall–Kier alpha value is -1.32. The van der Waals surface area contributed by atoms with Gasteiger partial charge in [0.2, 0.25) is 0 Å². The summed E-state index contributed by atoms with van der Waals surface area (Å²) < 4.78 is 53.8. The Morgan fingerprint density at radius 3 is 1.94 bits per heavy atom. The van der Waals surface area contributed by atoms with Crippen LogP contribution in [0.15, 0.2) is 23.3 Å². The first-order valence-corrected chi connectivity index (χ1v) is 23.8. The molecule has 20 nitrogen and oxygen atoms in total. The van der Waals surface area contributed by atoms with Gasteiger partial charge in [-0.3, -0.25) is 0 Å². The molecule has 0 bridgehead atoms. The highest BCUT2D eigenvalue weighted by atomic mass is 16.8. The molecule has 4 heterocycles. The molecule has 20 heteroatoms. The van der Waals surface area contributed by atoms with Gasteiger partial charge in [0.15, 0.2) is 25.2 Å². The lowest BCUT2D eigenvalue weighted by molar-refractivity contribution is -0.363. The molecule has 27 unspecified atom stereocenters. The summed E-state index contributed by atoms with van der Waals surface area (Å²) in [6, 6.07) is 0. The zero-order valence-corrected chi connectivity index (χ0v) is 38.5. The molecule has 0 aromatic carbocycles. The summed E-state index contributed by atoms with van der Waals surface area (Å²) >= 11 is 0. The highest BCUT2D eigenvalue weighted by molar-refractivity contribution is 5.35. The lowest BCUT2D eigenvalue weighted by Crippen LogP contribution is -2.64. The molecule has 0 aromatic heterocycles. The van der Waals surface area contributed by atoms with Gasteiger partial charge in [0.1, 0.15) is 85.5 Å². The van der Waals surface area contributed by atoms with Gasteiger partial charge in [0.05, 0.1) is 37.6 Å². The normalized spacial score (nSPS) is 53.5. The predicted molar refractivity (Wildman–Crippen MR) is 225 cm³/mol. The molecular formula is C46H74O20. The smallest absolute Gasteiger partial charge is 0.187 e. The van der Waals surface area contributed by atoms with Crippen LogP contribution < -0.4 is 0 Å². The van der Waals surface area contributed by atoms with Gasteiger partial charge in [-0.2, -0.15) is 0 Å². The van der Waals surface area contributed by atoms with Crippen LogP contribution in [0.4, 0.5) is 0 Å². The molecule has 8 rings (SSSR count). The number of hydrogen-bond donors (Lipinski definition) is 11. The van der Waals surface area contributed by atoms with Crippen LogP contribution in [0.1, 0.15) is 79.6 Å². The van der Waals surface area contributed by atoms with Gasteiger partial charge < -0.3 is 98.8 Å². The van der Waals surface area contributed by atoms with Crippen molar-refractivity contribution in [3.63, 3.8) is 0 Å². The molecule has 0 spiro atoms. The van der Waals surface area contributed by atoms with Gasteiger partial charge in [0.25, 0.3) is 0 Å². The van der Waals surface area contributed by atoms with E-state index in [2.05, 4.69) is 26.0 Å². The number of hydrogen-bond acceptors (Lipinski definition) is 20. The van der Waals surface area contributed by atoms with Crippen LogP contribution in [-0.4, -0.2) is 212 Å². The van der Waals surface area contributed by atoms with Crippen molar-refractivity contribution in [1.82, 2.24) is 0 Å². The molecule has 2 saturated carbocycles. The van der Waals surface area contributed by atoms with E-state index < -0.39 is 136 Å². The molecule has 4 aliphatic heterocycles. The van der Waals surface area contributed by atoms with E-state index in [4.69, 9.17) is 42.6 Å². The maximum absolute atomic E-state index is 11.2. The summed E-state index contributed by atoms with van der Waals surface area (Å²) in [6.07, 6.45) is -16.5. The van der Waals surface area contributed by atoms with Crippen LogP contribution in [0, 0.1) is 28.6 Å². The lowest BCUT2D eigenvalue weighted by Gasteiger charge is -2.57. The van der Waals surface area contributed by atoms with Crippen LogP contribution in [-0.2, 0) is 42.6 Å². The van der Waals surface area contributed by atoms with Crippen molar-refractivity contribution in [2.45, 2.75) is 215 Å². The number of ether oxygens (including phenoxy) is 9. The van der Waals surface area contributed by atoms with E-state index in [9.17, 15) is 56.2 Å². The molecule has 4 aliphatic carbocycles. The summed E-state index contributed by atoms with van der Waals surface area (Å²) in [7, 11) is 1.43. The van der Waals surface area contributed by atoms with Crippen LogP contribution >= 0.6 is 0 Å². The third-order valence-corrected chi connectivity index (χ3v) is 16.8. The molecule has 27 atom stereocenters. The van der Waals surface area contributed by atoms with Crippen LogP contribution in [0.2, 0.25) is 0 Å². The summed E-state index contributed by atoms with van der Waals surface area (Å²) in [6.45, 7) is 8.77. The molecular weight excluding hydrogens is 872 g/mol. The molecule has 0 aromatic rings. The third kappa shape index (κ3) is 9.12. The van der Waals surface area contributed by atoms with E-state index in [0.29, 0.717) is 18.3 Å². The lowest BCUT2D eigenvalue weighted by atomic mass is 9.48. The fourth-order valence-corrected chi connectivity index (χ4v) is 12.7. The molecule has 4 saturated heterocycles. The second-order valence-corrected chi connectivity index (χ2v) is 20.6. The van der Waals surface area contributed by atoms with E-state index in [1.54, 1.807) is 6.92 Å². The topological polar surface area (TPSA) is 306 Å². The van der Waals surface area contributed by atoms with Gasteiger partial charge in [-0.05, 0) is 94.3 Å². The second kappa shape index (κ2) is 20.1. The van der Waals surface area contributed by atoms with E-state index in [0.717, 1.165) is 38.5 Å². The van der Waals surface area contributed by atoms with Gasteiger partial charge in [-0.25, -0.2) is 0 Å². The van der Waals surface area contributed by atoms with Crippen LogP contribution in [0.5, 0.6) is 0 Å². The van der Waals surface area contributed by atoms with E-state index in [1.165, 1.54) is 25.2 Å². The van der Waals surface area contributed by atoms with Crippen molar-refractivity contribution in [1.29, 1.82) is 0 Å². The summed E-state index contributed by atoms with van der Waals surface area (Å²) in [5.41, 5.74) is 2.45. The quantitative estimate of drug-likeness (QED) is 0.0966. The fraction of sp³-hybridized carbons (Fsp3) is 0.913. The Balaban J connectivity index is 0.887. The number of fused-ring (bicyclic) bond motifs is 5. The first kappa shape index (κ1) is 51.0. The summed E-state index contributed by atoms with van der Waals surface area (Å²) in [4.78, 5) is 0. The monoisotopic (exact) mass is 946 g/mol. The molecule has 11 N–H and O–H groups in total. The Kier molecular flexibility index (Phi) is 15.5. The average Bonchev–Trinajstić information content (AvgIpc) is 3.66. The first-order valence-electron chi connectivity index (χ1n) is 23.8. The standard InChI is InChI=1S/C46H74O20/c1-18(60-42-37(56)35(54)32(51)28(65-42)17-59-41-36(55)33(52)29(48)19(2)61-41)24-9-10-25-23-8-7-21-15-22(11-13-45(21,4)26(23)12-14-46(24,25)5)63-44-40(58-6)39(30(49)20(3)62-44)66-43-38(57)34(53)31(50)27(16-47)64-43/h7,10,18-20,22-24,26-44,47-57H,8-9,11-17H2,1-6H3. The number of allylic oxidation sites excluding steroid dienone is 3. The highest BCUT2D eigenvalue weighted by Gasteiger charge is 2.58. The van der Waals surface area contributed by atoms with Crippen molar-refractivity contribution < 1.29 is 98.8 Å². The predicted octanol–water partition coefficient (Wildman–Crippen LogP) is -1.77. The number of aliphatic hydroxyl groups excluding tert-OH is 11. The molecule has 8 aliphatic rings. The van der Waals surface area contributed by atoms with Crippen LogP contribution in [0.25, 0.3) is 0 Å². The molecule has 0 radical (unpaired) electrons. The van der Waals surface area contributed by atoms with E-state index >= 15 is 0 Å². The Labute approximate surface area is 384 Å². The van der Waals surface area contributed by atoms with Gasteiger partial charge in [-0.15, -0.1) is 0 Å². The van der Waals surface area contributed by atoms with Gasteiger partial charge in [-0.1, -0.05) is 37.1 Å². The zero-order chi connectivity index (χ0) is 47.7. The van der Waals surface area contributed by atoms with Crippen molar-refractivity contribution in [3.05, 3.63) is 23.3 Å². The fourth-order valence-electron chi connectivity index (χ4n) is 12.7. The summed E-state index contributed by atoms with van der Waals surface area (Å²) in [5, 5.41) is 115. The zero-order valence-electron chi connectivity index (χ0n) is 38.5. The third-order valence-electron chi connectivity index (χ3n) is 16.8. The van der Waals surface area contributed by atoms with Gasteiger partial charge >= 0.3 is 0 Å². The molecule has 378 valence electrons. The van der Waals surface area contributed by atoms with Crippen molar-refractivity contribution in [3.8, 4) is 0 Å². The van der Waals surface area contributed by atoms with Crippen molar-refractivity contribution in [2.24, 2.45) is 28.6 Å². The Morgan fingerprint density at radius 1 is 0.636 bits per heavy atom. The SMILES string of the molecule is COC1C(OC2CCC3(C)C(=CCC4C5=CCC(C(C)OC6OC(COC7OC(C)C(O)C(O)C7O)C(O)C(O)C6O)C5(C)CCC43)C2)OC(C)C(O)C1OC1OC(CO)C(O)C(O)C1O.